The molecule has 0 fully saturated rings. The average Bonchev–Trinajstić information content (AvgIpc) is 3.34. The van der Waals surface area contributed by atoms with Crippen molar-refractivity contribution in [3.63, 3.8) is 0 Å². The molecule has 0 saturated heterocycles. The highest BCUT2D eigenvalue weighted by Crippen LogP contribution is 2.52. The molecule has 0 aromatic carbocycles. The van der Waals surface area contributed by atoms with E-state index < -0.39 is 0 Å². The zero-order chi connectivity index (χ0) is 25.1. The van der Waals surface area contributed by atoms with Gasteiger partial charge in [0.15, 0.2) is 11.5 Å². The molecule has 0 aliphatic heterocycles. The molecular weight excluding hydrogens is 596 g/mol. The molecule has 0 bridgehead atoms. The molecule has 2 heterocycles. The Morgan fingerprint density at radius 3 is 1.41 bits per heavy atom. The Labute approximate surface area is 229 Å². The summed E-state index contributed by atoms with van der Waals surface area (Å²) in [6.45, 7) is 9.92. The standard InChI is InChI=1S/C26H34Br2N2O2S2/c1-5-9-11-17(7-3)15-31-21-19(13-29)23(33-25(21)27)24-20(14-30)22(26(28)34-24)32-16-18(8-4)12-10-6-2/h17-18H,5-12,15-16H2,1-4H3. The topological polar surface area (TPSA) is 66.0 Å². The van der Waals surface area contributed by atoms with Crippen molar-refractivity contribution in [2.75, 3.05) is 13.2 Å². The van der Waals surface area contributed by atoms with E-state index in [1.807, 2.05) is 0 Å². The largest absolute Gasteiger partial charge is 0.490 e. The first-order chi connectivity index (χ1) is 16.4. The second kappa shape index (κ2) is 15.1. The lowest BCUT2D eigenvalue weighted by atomic mass is 10.0. The molecule has 2 unspecified atom stereocenters. The summed E-state index contributed by atoms with van der Waals surface area (Å²) >= 11 is 10.1. The third-order valence-electron chi connectivity index (χ3n) is 6.09. The molecule has 4 nitrogen and oxygen atoms in total. The van der Waals surface area contributed by atoms with Gasteiger partial charge in [0.1, 0.15) is 30.8 Å². The van der Waals surface area contributed by atoms with Gasteiger partial charge in [0.25, 0.3) is 0 Å². The Kier molecular flexibility index (Phi) is 13.0. The van der Waals surface area contributed by atoms with Gasteiger partial charge in [-0.05, 0) is 56.5 Å². The molecule has 0 saturated carbocycles. The van der Waals surface area contributed by atoms with E-state index in [1.165, 1.54) is 48.4 Å². The van der Waals surface area contributed by atoms with E-state index in [4.69, 9.17) is 9.47 Å². The number of hydrogen-bond donors (Lipinski definition) is 0. The van der Waals surface area contributed by atoms with Gasteiger partial charge in [-0.3, -0.25) is 0 Å². The van der Waals surface area contributed by atoms with Gasteiger partial charge in [-0.25, -0.2) is 0 Å². The fourth-order valence-electron chi connectivity index (χ4n) is 3.76. The Bertz CT molecular complexity index is 924. The van der Waals surface area contributed by atoms with Crippen LogP contribution in [0.25, 0.3) is 9.75 Å². The van der Waals surface area contributed by atoms with Gasteiger partial charge < -0.3 is 9.47 Å². The van der Waals surface area contributed by atoms with Crippen LogP contribution in [-0.4, -0.2) is 13.2 Å². The molecule has 8 heteroatoms. The lowest BCUT2D eigenvalue weighted by molar-refractivity contribution is 0.232. The predicted octanol–water partition coefficient (Wildman–Crippen LogP) is 9.94. The molecule has 0 spiro atoms. The van der Waals surface area contributed by atoms with Crippen LogP contribution in [0.15, 0.2) is 7.57 Å². The minimum absolute atomic E-state index is 0.464. The van der Waals surface area contributed by atoms with Crippen LogP contribution in [0.5, 0.6) is 11.5 Å². The van der Waals surface area contributed by atoms with Crippen LogP contribution in [0.2, 0.25) is 0 Å². The molecule has 2 rings (SSSR count). The zero-order valence-electron chi connectivity index (χ0n) is 20.5. The van der Waals surface area contributed by atoms with Gasteiger partial charge in [0.2, 0.25) is 0 Å². The van der Waals surface area contributed by atoms with E-state index in [1.54, 1.807) is 0 Å². The average molecular weight is 631 g/mol. The van der Waals surface area contributed by atoms with E-state index >= 15 is 0 Å². The predicted molar refractivity (Wildman–Crippen MR) is 150 cm³/mol. The molecule has 2 aromatic rings. The SMILES string of the molecule is CCCCC(CC)COc1c(Br)sc(-c2sc(Br)c(OCC(CC)CCCC)c2C#N)c1C#N. The van der Waals surface area contributed by atoms with Gasteiger partial charge in [0.05, 0.1) is 23.0 Å². The normalized spacial score (nSPS) is 12.7. The molecule has 0 N–H and O–H groups in total. The number of nitriles is 2. The van der Waals surface area contributed by atoms with Crippen molar-refractivity contribution in [2.24, 2.45) is 11.8 Å². The van der Waals surface area contributed by atoms with Gasteiger partial charge in [-0.1, -0.05) is 66.2 Å². The summed E-state index contributed by atoms with van der Waals surface area (Å²) in [5.74, 6) is 2.09. The molecule has 34 heavy (non-hydrogen) atoms. The van der Waals surface area contributed by atoms with E-state index in [9.17, 15) is 10.5 Å². The summed E-state index contributed by atoms with van der Waals surface area (Å²) in [5, 5.41) is 20.0. The second-order valence-electron chi connectivity index (χ2n) is 8.50. The van der Waals surface area contributed by atoms with Crippen LogP contribution in [0.4, 0.5) is 0 Å². The van der Waals surface area contributed by atoms with Crippen LogP contribution in [-0.2, 0) is 0 Å². The fourth-order valence-corrected chi connectivity index (χ4v) is 7.34. The highest BCUT2D eigenvalue weighted by atomic mass is 79.9. The van der Waals surface area contributed by atoms with E-state index in [2.05, 4.69) is 71.7 Å². The van der Waals surface area contributed by atoms with Crippen LogP contribution in [0.1, 0.15) is 90.2 Å². The van der Waals surface area contributed by atoms with Gasteiger partial charge >= 0.3 is 0 Å². The summed E-state index contributed by atoms with van der Waals surface area (Å²) in [6.07, 6.45) is 9.03. The Hall–Kier alpha value is -1.06. The minimum atomic E-state index is 0.464. The number of thiophene rings is 2. The molecule has 0 aliphatic rings. The van der Waals surface area contributed by atoms with Crippen molar-refractivity contribution >= 4 is 54.5 Å². The van der Waals surface area contributed by atoms with Crippen molar-refractivity contribution in [1.29, 1.82) is 10.5 Å². The van der Waals surface area contributed by atoms with Crippen molar-refractivity contribution in [3.8, 4) is 33.4 Å². The first-order valence-electron chi connectivity index (χ1n) is 12.2. The Morgan fingerprint density at radius 1 is 0.735 bits per heavy atom. The van der Waals surface area contributed by atoms with Crippen LogP contribution in [0.3, 0.4) is 0 Å². The van der Waals surface area contributed by atoms with E-state index in [0.29, 0.717) is 47.7 Å². The maximum Gasteiger partial charge on any atom is 0.162 e. The lowest BCUT2D eigenvalue weighted by Crippen LogP contribution is -2.11. The molecule has 2 aromatic heterocycles. The molecule has 0 amide bonds. The van der Waals surface area contributed by atoms with E-state index in [0.717, 1.165) is 43.0 Å². The number of halogens is 2. The smallest absolute Gasteiger partial charge is 0.162 e. The maximum atomic E-state index is 10.0. The first-order valence-corrected chi connectivity index (χ1v) is 15.4. The summed E-state index contributed by atoms with van der Waals surface area (Å²) in [5.41, 5.74) is 0.960. The van der Waals surface area contributed by atoms with Crippen molar-refractivity contribution in [1.82, 2.24) is 0 Å². The van der Waals surface area contributed by atoms with Crippen LogP contribution < -0.4 is 9.47 Å². The summed E-state index contributed by atoms with van der Waals surface area (Å²) in [6, 6.07) is 4.66. The fraction of sp³-hybridized carbons (Fsp3) is 0.615. The quantitative estimate of drug-likeness (QED) is 0.197. The van der Waals surface area contributed by atoms with Crippen molar-refractivity contribution in [2.45, 2.75) is 79.1 Å². The van der Waals surface area contributed by atoms with Crippen molar-refractivity contribution < 1.29 is 9.47 Å². The Morgan fingerprint density at radius 2 is 1.12 bits per heavy atom. The summed E-state index contributed by atoms with van der Waals surface area (Å²) in [4.78, 5) is 1.50. The van der Waals surface area contributed by atoms with Gasteiger partial charge in [-0.15, -0.1) is 22.7 Å². The molecule has 2 atom stereocenters. The Balaban J connectivity index is 2.32. The maximum absolute atomic E-state index is 10.0. The van der Waals surface area contributed by atoms with Crippen LogP contribution >= 0.6 is 54.5 Å². The van der Waals surface area contributed by atoms with Crippen LogP contribution in [0, 0.1) is 34.5 Å². The third-order valence-corrected chi connectivity index (χ3v) is 9.87. The highest BCUT2D eigenvalue weighted by Gasteiger charge is 2.27. The third kappa shape index (κ3) is 7.47. The van der Waals surface area contributed by atoms with Gasteiger partial charge in [-0.2, -0.15) is 10.5 Å². The highest BCUT2D eigenvalue weighted by molar-refractivity contribution is 9.11. The first kappa shape index (κ1) is 29.2. The minimum Gasteiger partial charge on any atom is -0.490 e. The zero-order valence-corrected chi connectivity index (χ0v) is 25.3. The molecule has 0 radical (unpaired) electrons. The van der Waals surface area contributed by atoms with Gasteiger partial charge in [0, 0.05) is 0 Å². The number of unbranched alkanes of at least 4 members (excludes halogenated alkanes) is 2. The lowest BCUT2D eigenvalue weighted by Gasteiger charge is -2.15. The molecular formula is C26H34Br2N2O2S2. The second-order valence-corrected chi connectivity index (χ2v) is 13.2. The van der Waals surface area contributed by atoms with E-state index in [-0.39, 0.29) is 0 Å². The number of hydrogen-bond acceptors (Lipinski definition) is 6. The number of rotatable bonds is 15. The summed E-state index contributed by atoms with van der Waals surface area (Å²) < 4.78 is 13.9. The van der Waals surface area contributed by atoms with Crippen molar-refractivity contribution in [3.05, 3.63) is 18.7 Å². The molecule has 186 valence electrons. The number of ether oxygens (including phenoxy) is 2. The number of nitrogens with zero attached hydrogens (tertiary/aromatic N) is 2. The summed E-state index contributed by atoms with van der Waals surface area (Å²) in [7, 11) is 0. The molecule has 0 aliphatic carbocycles. The monoisotopic (exact) mass is 628 g/mol.